The Labute approximate surface area is 180 Å². The van der Waals surface area contributed by atoms with Crippen LogP contribution in [0.1, 0.15) is 102 Å². The summed E-state index contributed by atoms with van der Waals surface area (Å²) in [5.41, 5.74) is -0.122. The van der Waals surface area contributed by atoms with Crippen LogP contribution < -0.4 is 4.74 Å². The zero-order chi connectivity index (χ0) is 21.5. The Hall–Kier alpha value is -1.45. The van der Waals surface area contributed by atoms with Crippen LogP contribution in [0.25, 0.3) is 0 Å². The summed E-state index contributed by atoms with van der Waals surface area (Å²) in [5.74, 6) is 1.28. The highest BCUT2D eigenvalue weighted by Gasteiger charge is 2.32. The summed E-state index contributed by atoms with van der Waals surface area (Å²) >= 11 is 0. The van der Waals surface area contributed by atoms with Gasteiger partial charge in [-0.25, -0.2) is 13.2 Å². The van der Waals surface area contributed by atoms with Crippen molar-refractivity contribution in [3.63, 3.8) is 0 Å². The highest BCUT2D eigenvalue weighted by Crippen LogP contribution is 2.44. The Morgan fingerprint density at radius 1 is 0.967 bits per heavy atom. The predicted molar refractivity (Wildman–Crippen MR) is 117 cm³/mol. The Morgan fingerprint density at radius 3 is 2.33 bits per heavy atom. The molecule has 3 rings (SSSR count). The fraction of sp³-hybridized carbons (Fsp3) is 0.692. The van der Waals surface area contributed by atoms with E-state index in [1.54, 1.807) is 13.0 Å². The van der Waals surface area contributed by atoms with E-state index < -0.39 is 17.8 Å². The largest absolute Gasteiger partial charge is 0.493 e. The molecule has 0 bridgehead atoms. The van der Waals surface area contributed by atoms with Gasteiger partial charge < -0.3 is 4.74 Å². The first-order valence-corrected chi connectivity index (χ1v) is 12.0. The fourth-order valence-corrected chi connectivity index (χ4v) is 5.44. The minimum atomic E-state index is -2.86. The molecular formula is C26H37F3O. The third kappa shape index (κ3) is 5.62. The maximum Gasteiger partial charge on any atom is 0.270 e. The van der Waals surface area contributed by atoms with Crippen molar-refractivity contribution in [1.82, 2.24) is 0 Å². The molecule has 1 fully saturated rings. The topological polar surface area (TPSA) is 9.23 Å². The molecule has 0 aromatic heterocycles. The lowest BCUT2D eigenvalue weighted by molar-refractivity contribution is 0.139. The van der Waals surface area contributed by atoms with Crippen molar-refractivity contribution < 1.29 is 17.9 Å². The average Bonchev–Trinajstić information content (AvgIpc) is 2.75. The molecular weight excluding hydrogens is 385 g/mol. The van der Waals surface area contributed by atoms with Crippen molar-refractivity contribution in [2.24, 2.45) is 17.8 Å². The van der Waals surface area contributed by atoms with Crippen molar-refractivity contribution in [3.8, 4) is 5.75 Å². The standard InChI is InChI=1S/C26H37F3O/c1-3-5-6-7-18-8-10-19(11-9-18)20-12-14-21(15-13-20)22-16-17-23(30-4-2)24(25(22)27)26(28)29/h8,10,16-21,26H,3-7,9,11-15H2,1-2H3. The van der Waals surface area contributed by atoms with Crippen molar-refractivity contribution in [2.75, 3.05) is 6.61 Å². The first-order valence-electron chi connectivity index (χ1n) is 12.0. The number of halogens is 3. The number of rotatable bonds is 9. The number of unbranched alkanes of at least 4 members (excludes halogenated alkanes) is 2. The summed E-state index contributed by atoms with van der Waals surface area (Å²) in [6.45, 7) is 4.21. The summed E-state index contributed by atoms with van der Waals surface area (Å²) < 4.78 is 47.1. The molecule has 0 N–H and O–H groups in total. The minimum Gasteiger partial charge on any atom is -0.493 e. The number of benzene rings is 1. The second kappa shape index (κ2) is 11.2. The molecule has 0 spiro atoms. The van der Waals surface area contributed by atoms with Gasteiger partial charge in [0.05, 0.1) is 12.2 Å². The van der Waals surface area contributed by atoms with Gasteiger partial charge in [-0.2, -0.15) is 0 Å². The van der Waals surface area contributed by atoms with E-state index in [1.165, 1.54) is 44.6 Å². The first kappa shape index (κ1) is 23.2. The van der Waals surface area contributed by atoms with Gasteiger partial charge in [-0.15, -0.1) is 0 Å². The molecule has 0 aliphatic heterocycles. The van der Waals surface area contributed by atoms with E-state index in [4.69, 9.17) is 4.74 Å². The molecule has 4 heteroatoms. The first-order chi connectivity index (χ1) is 14.5. The van der Waals surface area contributed by atoms with E-state index in [1.807, 2.05) is 0 Å². The zero-order valence-electron chi connectivity index (χ0n) is 18.5. The maximum atomic E-state index is 14.9. The molecule has 2 aliphatic rings. The van der Waals surface area contributed by atoms with Gasteiger partial charge in [0.15, 0.2) is 0 Å². The number of allylic oxidation sites excluding steroid dienone is 2. The van der Waals surface area contributed by atoms with Crippen LogP contribution in [-0.4, -0.2) is 6.61 Å². The summed E-state index contributed by atoms with van der Waals surface area (Å²) in [4.78, 5) is 0. The summed E-state index contributed by atoms with van der Waals surface area (Å²) in [5, 5.41) is 0. The summed E-state index contributed by atoms with van der Waals surface area (Å²) in [6.07, 6.45) is 13.7. The van der Waals surface area contributed by atoms with Crippen molar-refractivity contribution in [2.45, 2.75) is 90.4 Å². The second-order valence-corrected chi connectivity index (χ2v) is 9.11. The molecule has 0 saturated heterocycles. The number of ether oxygens (including phenoxy) is 1. The van der Waals surface area contributed by atoms with Gasteiger partial charge >= 0.3 is 0 Å². The Bertz CT molecular complexity index is 692. The summed E-state index contributed by atoms with van der Waals surface area (Å²) in [6, 6.07) is 3.19. The number of alkyl halides is 2. The lowest BCUT2D eigenvalue weighted by Crippen LogP contribution is -2.23. The maximum absolute atomic E-state index is 14.9. The van der Waals surface area contributed by atoms with Crippen LogP contribution in [0.3, 0.4) is 0 Å². The van der Waals surface area contributed by atoms with Gasteiger partial charge in [-0.3, -0.25) is 0 Å². The monoisotopic (exact) mass is 422 g/mol. The zero-order valence-corrected chi connectivity index (χ0v) is 18.5. The Balaban J connectivity index is 1.58. The van der Waals surface area contributed by atoms with Crippen LogP contribution in [0.5, 0.6) is 5.75 Å². The molecule has 0 heterocycles. The molecule has 1 aromatic carbocycles. The van der Waals surface area contributed by atoms with Gasteiger partial charge in [0, 0.05) is 0 Å². The quantitative estimate of drug-likeness (QED) is 0.286. The van der Waals surface area contributed by atoms with Gasteiger partial charge in [-0.1, -0.05) is 44.4 Å². The lowest BCUT2D eigenvalue weighted by Gasteiger charge is -2.35. The third-order valence-corrected chi connectivity index (χ3v) is 7.18. The molecule has 1 saturated carbocycles. The van der Waals surface area contributed by atoms with E-state index in [2.05, 4.69) is 19.1 Å². The number of hydrogen-bond donors (Lipinski definition) is 0. The predicted octanol–water partition coefficient (Wildman–Crippen LogP) is 8.60. The normalized spacial score (nSPS) is 26.9. The van der Waals surface area contributed by atoms with E-state index in [9.17, 15) is 13.2 Å². The van der Waals surface area contributed by atoms with Crippen LogP contribution in [-0.2, 0) is 0 Å². The minimum absolute atomic E-state index is 0.0248. The van der Waals surface area contributed by atoms with Crippen LogP contribution in [0.2, 0.25) is 0 Å². The highest BCUT2D eigenvalue weighted by molar-refractivity contribution is 5.41. The van der Waals surface area contributed by atoms with Crippen LogP contribution >= 0.6 is 0 Å². The summed E-state index contributed by atoms with van der Waals surface area (Å²) in [7, 11) is 0. The number of hydrogen-bond acceptors (Lipinski definition) is 1. The SMILES string of the molecule is CCCCCC1C=CC(C2CCC(c3ccc(OCC)c(C(F)F)c3F)CC2)CC1. The fourth-order valence-electron chi connectivity index (χ4n) is 5.44. The van der Waals surface area contributed by atoms with E-state index >= 15 is 0 Å². The van der Waals surface area contributed by atoms with Gasteiger partial charge in [0.1, 0.15) is 11.6 Å². The van der Waals surface area contributed by atoms with Crippen LogP contribution in [0.4, 0.5) is 13.2 Å². The molecule has 2 unspecified atom stereocenters. The van der Waals surface area contributed by atoms with E-state index in [0.717, 1.165) is 31.6 Å². The lowest BCUT2D eigenvalue weighted by atomic mass is 9.70. The smallest absolute Gasteiger partial charge is 0.270 e. The van der Waals surface area contributed by atoms with Gasteiger partial charge in [0.25, 0.3) is 6.43 Å². The van der Waals surface area contributed by atoms with Crippen LogP contribution in [0, 0.1) is 23.6 Å². The molecule has 0 amide bonds. The Kier molecular flexibility index (Phi) is 8.71. The third-order valence-electron chi connectivity index (χ3n) is 7.18. The average molecular weight is 423 g/mol. The Morgan fingerprint density at radius 2 is 1.73 bits per heavy atom. The molecule has 168 valence electrons. The van der Waals surface area contributed by atoms with E-state index in [0.29, 0.717) is 17.4 Å². The molecule has 0 radical (unpaired) electrons. The van der Waals surface area contributed by atoms with Gasteiger partial charge in [-0.05, 0) is 87.2 Å². The second-order valence-electron chi connectivity index (χ2n) is 9.11. The van der Waals surface area contributed by atoms with Crippen LogP contribution in [0.15, 0.2) is 24.3 Å². The van der Waals surface area contributed by atoms with Gasteiger partial charge in [0.2, 0.25) is 0 Å². The highest BCUT2D eigenvalue weighted by atomic mass is 19.3. The molecule has 1 aromatic rings. The molecule has 2 atom stereocenters. The van der Waals surface area contributed by atoms with Crippen molar-refractivity contribution in [3.05, 3.63) is 41.2 Å². The molecule has 30 heavy (non-hydrogen) atoms. The van der Waals surface area contributed by atoms with Crippen molar-refractivity contribution >= 4 is 0 Å². The molecule has 1 nitrogen and oxygen atoms in total. The molecule has 2 aliphatic carbocycles. The van der Waals surface area contributed by atoms with Crippen molar-refractivity contribution in [1.29, 1.82) is 0 Å². The van der Waals surface area contributed by atoms with E-state index in [-0.39, 0.29) is 18.3 Å².